The van der Waals surface area contributed by atoms with Gasteiger partial charge in [0, 0.05) is 29.7 Å². The van der Waals surface area contributed by atoms with Gasteiger partial charge in [-0.3, -0.25) is 4.90 Å². The van der Waals surface area contributed by atoms with Gasteiger partial charge in [0.2, 0.25) is 0 Å². The zero-order valence-electron chi connectivity index (χ0n) is 18.6. The Bertz CT molecular complexity index is 1180. The Morgan fingerprint density at radius 3 is 2.75 bits per heavy atom. The van der Waals surface area contributed by atoms with Gasteiger partial charge >= 0.3 is 0 Å². The van der Waals surface area contributed by atoms with Gasteiger partial charge in [-0.25, -0.2) is 0 Å². The van der Waals surface area contributed by atoms with Crippen LogP contribution in [0.15, 0.2) is 72.8 Å². The lowest BCUT2D eigenvalue weighted by molar-refractivity contribution is -0.0487. The van der Waals surface area contributed by atoms with E-state index in [0.29, 0.717) is 11.8 Å². The smallest absolute Gasteiger partial charge is 0.0756 e. The molecule has 0 spiro atoms. The maximum absolute atomic E-state index is 11.1. The van der Waals surface area contributed by atoms with E-state index in [1.54, 1.807) is 0 Å². The van der Waals surface area contributed by atoms with Crippen LogP contribution in [-0.4, -0.2) is 34.2 Å². The number of piperidine rings is 1. The third kappa shape index (κ3) is 3.10. The first-order valence-electron chi connectivity index (χ1n) is 12.1. The molecule has 0 radical (unpaired) electrons. The lowest BCUT2D eigenvalue weighted by atomic mass is 9.63. The van der Waals surface area contributed by atoms with Crippen molar-refractivity contribution < 1.29 is 5.11 Å². The van der Waals surface area contributed by atoms with Crippen molar-refractivity contribution in [1.82, 2.24) is 9.88 Å². The predicted octanol–water partition coefficient (Wildman–Crippen LogP) is 5.67. The third-order valence-electron chi connectivity index (χ3n) is 8.32. The standard InChI is InChI=1S/C29H32N2O/c1-2-13-29-18-22-17-27(32)21(15-20-8-4-3-5-9-20)16-23(22)19-31(29)14-12-25-24-10-6-7-11-26(24)30-28(25)29/h2-11,15,22-23,27,30,32H,1,12-14,16-19H2/b21-15+/t22-,23-,27-,29-/m0/s1. The number of H-pyrrole nitrogens is 1. The number of rotatable bonds is 3. The fourth-order valence-corrected chi connectivity index (χ4v) is 6.86. The molecule has 0 unspecified atom stereocenters. The highest BCUT2D eigenvalue weighted by molar-refractivity contribution is 5.85. The second kappa shape index (κ2) is 7.75. The normalized spacial score (nSPS) is 31.2. The molecule has 1 aliphatic carbocycles. The number of aromatic nitrogens is 1. The zero-order chi connectivity index (χ0) is 21.7. The van der Waals surface area contributed by atoms with Gasteiger partial charge in [0.05, 0.1) is 11.6 Å². The number of hydrogen-bond acceptors (Lipinski definition) is 2. The van der Waals surface area contributed by atoms with Crippen LogP contribution in [0.1, 0.15) is 42.5 Å². The first-order chi connectivity index (χ1) is 15.7. The molecule has 0 amide bonds. The number of para-hydroxylation sites is 1. The summed E-state index contributed by atoms with van der Waals surface area (Å²) in [6.45, 7) is 6.35. The minimum absolute atomic E-state index is 0.0180. The summed E-state index contributed by atoms with van der Waals surface area (Å²) in [5, 5.41) is 12.5. The van der Waals surface area contributed by atoms with E-state index in [0.717, 1.165) is 45.2 Å². The first-order valence-corrected chi connectivity index (χ1v) is 12.1. The van der Waals surface area contributed by atoms with Crippen molar-refractivity contribution in [2.45, 2.75) is 43.7 Å². The fourth-order valence-electron chi connectivity index (χ4n) is 6.86. The molecule has 3 heteroatoms. The largest absolute Gasteiger partial charge is 0.389 e. The van der Waals surface area contributed by atoms with Crippen molar-refractivity contribution in [3.8, 4) is 0 Å². The molecule has 1 aromatic heterocycles. The van der Waals surface area contributed by atoms with E-state index in [4.69, 9.17) is 0 Å². The Morgan fingerprint density at radius 1 is 1.09 bits per heavy atom. The quantitative estimate of drug-likeness (QED) is 0.532. The number of benzene rings is 2. The van der Waals surface area contributed by atoms with Crippen LogP contribution >= 0.6 is 0 Å². The van der Waals surface area contributed by atoms with Crippen LogP contribution in [0.4, 0.5) is 0 Å². The van der Waals surface area contributed by atoms with Crippen LogP contribution in [0, 0.1) is 11.8 Å². The summed E-state index contributed by atoms with van der Waals surface area (Å²) in [6, 6.07) is 19.2. The lowest BCUT2D eigenvalue weighted by Crippen LogP contribution is -2.59. The van der Waals surface area contributed by atoms with E-state index in [1.165, 1.54) is 33.3 Å². The van der Waals surface area contributed by atoms with Crippen LogP contribution in [0.3, 0.4) is 0 Å². The summed E-state index contributed by atoms with van der Waals surface area (Å²) in [6.07, 6.45) is 9.01. The third-order valence-corrected chi connectivity index (χ3v) is 8.32. The Labute approximate surface area is 190 Å². The molecule has 3 nitrogen and oxygen atoms in total. The van der Waals surface area contributed by atoms with Crippen molar-refractivity contribution in [2.75, 3.05) is 13.1 Å². The maximum atomic E-state index is 11.1. The highest BCUT2D eigenvalue weighted by Crippen LogP contribution is 2.53. The molecule has 3 aromatic rings. The number of nitrogens with zero attached hydrogens (tertiary/aromatic N) is 1. The lowest BCUT2D eigenvalue weighted by Gasteiger charge is -2.56. The molecule has 3 aliphatic rings. The van der Waals surface area contributed by atoms with Crippen molar-refractivity contribution in [3.63, 3.8) is 0 Å². The van der Waals surface area contributed by atoms with Gasteiger partial charge in [0.1, 0.15) is 0 Å². The van der Waals surface area contributed by atoms with E-state index in [1.807, 2.05) is 6.07 Å². The maximum Gasteiger partial charge on any atom is 0.0756 e. The second-order valence-corrected chi connectivity index (χ2v) is 10.1. The minimum Gasteiger partial charge on any atom is -0.389 e. The van der Waals surface area contributed by atoms with Gasteiger partial charge in [-0.1, -0.05) is 60.7 Å². The van der Waals surface area contributed by atoms with Gasteiger partial charge in [-0.2, -0.15) is 0 Å². The van der Waals surface area contributed by atoms with Crippen LogP contribution < -0.4 is 0 Å². The Morgan fingerprint density at radius 2 is 1.91 bits per heavy atom. The molecule has 2 fully saturated rings. The number of nitrogens with one attached hydrogen (secondary N) is 1. The van der Waals surface area contributed by atoms with E-state index in [2.05, 4.69) is 77.1 Å². The van der Waals surface area contributed by atoms with Gasteiger partial charge in [-0.05, 0) is 66.7 Å². The van der Waals surface area contributed by atoms with Gasteiger partial charge in [-0.15, -0.1) is 6.58 Å². The van der Waals surface area contributed by atoms with Gasteiger partial charge in [0.15, 0.2) is 0 Å². The molecule has 6 rings (SSSR count). The van der Waals surface area contributed by atoms with Crippen molar-refractivity contribution >= 4 is 17.0 Å². The van der Waals surface area contributed by atoms with E-state index < -0.39 is 0 Å². The molecular weight excluding hydrogens is 392 g/mol. The van der Waals surface area contributed by atoms with Crippen molar-refractivity contribution in [2.24, 2.45) is 11.8 Å². The summed E-state index contributed by atoms with van der Waals surface area (Å²) in [5.74, 6) is 1.14. The molecular formula is C29H32N2O. The Hall–Kier alpha value is -2.62. The molecule has 2 aliphatic heterocycles. The molecule has 4 atom stereocenters. The Kier molecular flexibility index (Phi) is 4.85. The predicted molar refractivity (Wildman–Crippen MR) is 131 cm³/mol. The zero-order valence-corrected chi connectivity index (χ0v) is 18.6. The highest BCUT2D eigenvalue weighted by atomic mass is 16.3. The number of aliphatic hydroxyl groups is 1. The van der Waals surface area contributed by atoms with E-state index in [9.17, 15) is 5.11 Å². The minimum atomic E-state index is -0.338. The molecule has 1 saturated heterocycles. The van der Waals surface area contributed by atoms with Crippen LogP contribution in [0.25, 0.3) is 17.0 Å². The van der Waals surface area contributed by atoms with E-state index in [-0.39, 0.29) is 11.6 Å². The number of aliphatic hydroxyl groups excluding tert-OH is 1. The average molecular weight is 425 g/mol. The van der Waals surface area contributed by atoms with Crippen LogP contribution in [-0.2, 0) is 12.0 Å². The molecule has 164 valence electrons. The average Bonchev–Trinajstić information content (AvgIpc) is 3.19. The monoisotopic (exact) mass is 424 g/mol. The molecule has 2 N–H and O–H groups in total. The summed E-state index contributed by atoms with van der Waals surface area (Å²) >= 11 is 0. The van der Waals surface area contributed by atoms with Crippen LogP contribution in [0.5, 0.6) is 0 Å². The van der Waals surface area contributed by atoms with Crippen molar-refractivity contribution in [1.29, 1.82) is 0 Å². The first kappa shape index (κ1) is 20.0. The molecule has 0 bridgehead atoms. The summed E-state index contributed by atoms with van der Waals surface area (Å²) < 4.78 is 0. The molecule has 1 saturated carbocycles. The van der Waals surface area contributed by atoms with E-state index >= 15 is 0 Å². The number of aromatic amines is 1. The Balaban J connectivity index is 1.36. The molecule has 2 aromatic carbocycles. The SMILES string of the molecule is C=CC[C@@]12C[C@@H]3C[C@H](O)/C(=C/c4ccccc4)C[C@H]3CN1CCc1c2[nH]c2ccccc12. The second-order valence-electron chi connectivity index (χ2n) is 10.1. The van der Waals surface area contributed by atoms with Crippen molar-refractivity contribution in [3.05, 3.63) is 89.6 Å². The number of hydrogen-bond donors (Lipinski definition) is 2. The number of fused-ring (bicyclic) bond motifs is 6. The summed E-state index contributed by atoms with van der Waals surface area (Å²) in [7, 11) is 0. The molecule has 3 heterocycles. The molecule has 32 heavy (non-hydrogen) atoms. The van der Waals surface area contributed by atoms with Crippen LogP contribution in [0.2, 0.25) is 0 Å². The topological polar surface area (TPSA) is 39.3 Å². The van der Waals surface area contributed by atoms with Gasteiger partial charge < -0.3 is 10.1 Å². The fraction of sp³-hybridized carbons (Fsp3) is 0.379. The summed E-state index contributed by atoms with van der Waals surface area (Å²) in [5.41, 5.74) is 6.54. The highest BCUT2D eigenvalue weighted by Gasteiger charge is 2.51. The summed E-state index contributed by atoms with van der Waals surface area (Å²) in [4.78, 5) is 6.57. The van der Waals surface area contributed by atoms with Gasteiger partial charge in [0.25, 0.3) is 0 Å².